The molecule has 0 radical (unpaired) electrons. The Balaban J connectivity index is 1.34. The molecule has 0 nitrogen and oxygen atoms in total. The van der Waals surface area contributed by atoms with Crippen molar-refractivity contribution in [2.45, 2.75) is 38.5 Å². The Morgan fingerprint density at radius 2 is 1.07 bits per heavy atom. The van der Waals surface area contributed by atoms with Crippen LogP contribution in [0.25, 0.3) is 88.3 Å². The summed E-state index contributed by atoms with van der Waals surface area (Å²) in [5, 5.41) is 13.2. The van der Waals surface area contributed by atoms with Crippen LogP contribution in [0.2, 0.25) is 0 Å². The number of benzene rings is 8. The highest BCUT2D eigenvalue weighted by Gasteiger charge is 2.44. The predicted octanol–water partition coefficient (Wildman–Crippen LogP) is 12.8. The zero-order chi connectivity index (χ0) is 31.3. The summed E-state index contributed by atoms with van der Waals surface area (Å²) in [5.74, 6) is 0. The fourth-order valence-electron chi connectivity index (χ4n) is 9.58. The van der Waals surface area contributed by atoms with Gasteiger partial charge >= 0.3 is 0 Å². The van der Waals surface area contributed by atoms with E-state index in [1.807, 2.05) is 6.08 Å². The fourth-order valence-corrected chi connectivity index (χ4v) is 9.58. The van der Waals surface area contributed by atoms with Gasteiger partial charge in [-0.05, 0) is 128 Å². The van der Waals surface area contributed by atoms with Crippen LogP contribution in [0.5, 0.6) is 0 Å². The van der Waals surface area contributed by atoms with Crippen molar-refractivity contribution in [3.8, 4) is 22.3 Å². The Bertz CT molecular complexity index is 2690. The van der Waals surface area contributed by atoms with Gasteiger partial charge in [-0.1, -0.05) is 132 Å². The van der Waals surface area contributed by atoms with Crippen molar-refractivity contribution in [3.63, 3.8) is 0 Å². The van der Waals surface area contributed by atoms with Gasteiger partial charge in [-0.2, -0.15) is 0 Å². The Labute approximate surface area is 269 Å². The summed E-state index contributed by atoms with van der Waals surface area (Å²) in [7, 11) is 0. The van der Waals surface area contributed by atoms with E-state index in [2.05, 4.69) is 144 Å². The van der Waals surface area contributed by atoms with Gasteiger partial charge in [-0.25, -0.2) is 0 Å². The second-order valence-electron chi connectivity index (χ2n) is 14.5. The van der Waals surface area contributed by atoms with Crippen LogP contribution >= 0.6 is 0 Å². The molecule has 218 valence electrons. The van der Waals surface area contributed by atoms with Gasteiger partial charge in [0.2, 0.25) is 0 Å². The van der Waals surface area contributed by atoms with Crippen molar-refractivity contribution in [1.82, 2.24) is 0 Å². The van der Waals surface area contributed by atoms with E-state index >= 15 is 0 Å². The summed E-state index contributed by atoms with van der Waals surface area (Å²) in [6.45, 7) is 18.4. The lowest BCUT2D eigenvalue weighted by atomic mass is 9.77. The van der Waals surface area contributed by atoms with Gasteiger partial charge < -0.3 is 0 Å². The number of fused-ring (bicyclic) bond motifs is 11. The average molecular weight is 587 g/mol. The Hall–Kier alpha value is -5.20. The Kier molecular flexibility index (Phi) is 4.72. The van der Waals surface area contributed by atoms with Gasteiger partial charge in [-0.15, -0.1) is 0 Å². The first-order valence-corrected chi connectivity index (χ1v) is 16.4. The van der Waals surface area contributed by atoms with Gasteiger partial charge in [0.1, 0.15) is 0 Å². The lowest BCUT2D eigenvalue weighted by Gasteiger charge is -2.26. The molecular formula is C46H34. The van der Waals surface area contributed by atoms with Crippen LogP contribution in [0.4, 0.5) is 0 Å². The first-order chi connectivity index (χ1) is 22.3. The second kappa shape index (κ2) is 8.33. The molecule has 0 saturated carbocycles. The van der Waals surface area contributed by atoms with E-state index in [0.29, 0.717) is 0 Å². The summed E-state index contributed by atoms with van der Waals surface area (Å²) < 4.78 is 0. The summed E-state index contributed by atoms with van der Waals surface area (Å²) in [4.78, 5) is 0. The quantitative estimate of drug-likeness (QED) is 0.177. The SMILES string of the molecule is C=Cc1c2c(c3ccc4ccccc4c3c1C=C)C(C)(C)c1cc3c(cc1-2)C(C)(C)c1cc2ccc4cccc5ccc(c1-3)c2c45. The molecule has 0 unspecified atom stereocenters. The van der Waals surface area contributed by atoms with Crippen LogP contribution in [0, 0.1) is 0 Å². The molecule has 10 rings (SSSR count). The van der Waals surface area contributed by atoms with Crippen LogP contribution in [-0.4, -0.2) is 0 Å². The third-order valence-electron chi connectivity index (χ3n) is 11.7. The highest BCUT2D eigenvalue weighted by atomic mass is 14.5. The van der Waals surface area contributed by atoms with Crippen LogP contribution < -0.4 is 0 Å². The topological polar surface area (TPSA) is 0 Å². The van der Waals surface area contributed by atoms with E-state index in [1.165, 1.54) is 109 Å². The molecule has 0 amide bonds. The van der Waals surface area contributed by atoms with E-state index in [1.54, 1.807) is 0 Å². The lowest BCUT2D eigenvalue weighted by Crippen LogP contribution is -2.17. The average Bonchev–Trinajstić information content (AvgIpc) is 3.44. The van der Waals surface area contributed by atoms with Gasteiger partial charge in [0.15, 0.2) is 0 Å². The molecule has 2 aliphatic rings. The molecule has 0 atom stereocenters. The smallest absolute Gasteiger partial charge is 0.0165 e. The van der Waals surface area contributed by atoms with Crippen molar-refractivity contribution in [1.29, 1.82) is 0 Å². The first kappa shape index (κ1) is 26.1. The van der Waals surface area contributed by atoms with Crippen molar-refractivity contribution >= 4 is 66.0 Å². The summed E-state index contributed by atoms with van der Waals surface area (Å²) in [6.07, 6.45) is 4.12. The van der Waals surface area contributed by atoms with Crippen molar-refractivity contribution in [3.05, 3.63) is 144 Å². The van der Waals surface area contributed by atoms with Crippen molar-refractivity contribution in [2.24, 2.45) is 0 Å². The van der Waals surface area contributed by atoms with Gasteiger partial charge in [-0.3, -0.25) is 0 Å². The molecule has 2 aliphatic carbocycles. The molecule has 8 aromatic rings. The maximum atomic E-state index is 4.39. The summed E-state index contributed by atoms with van der Waals surface area (Å²) in [5.41, 5.74) is 13.1. The second-order valence-corrected chi connectivity index (χ2v) is 14.5. The fraction of sp³-hybridized carbons (Fsp3) is 0.130. The van der Waals surface area contributed by atoms with E-state index in [-0.39, 0.29) is 10.8 Å². The molecule has 0 bridgehead atoms. The molecule has 46 heavy (non-hydrogen) atoms. The molecule has 0 aliphatic heterocycles. The summed E-state index contributed by atoms with van der Waals surface area (Å²) >= 11 is 0. The lowest BCUT2D eigenvalue weighted by molar-refractivity contribution is 0.655. The van der Waals surface area contributed by atoms with Gasteiger partial charge in [0.25, 0.3) is 0 Å². The minimum Gasteiger partial charge on any atom is -0.0984 e. The zero-order valence-corrected chi connectivity index (χ0v) is 26.8. The number of hydrogen-bond acceptors (Lipinski definition) is 0. The molecule has 8 aromatic carbocycles. The van der Waals surface area contributed by atoms with Crippen LogP contribution in [0.3, 0.4) is 0 Å². The Morgan fingerprint density at radius 3 is 1.83 bits per heavy atom. The monoisotopic (exact) mass is 586 g/mol. The van der Waals surface area contributed by atoms with Crippen LogP contribution in [-0.2, 0) is 10.8 Å². The third kappa shape index (κ3) is 2.88. The van der Waals surface area contributed by atoms with Gasteiger partial charge in [0.05, 0.1) is 0 Å². The predicted molar refractivity (Wildman–Crippen MR) is 200 cm³/mol. The van der Waals surface area contributed by atoms with E-state index in [0.717, 1.165) is 0 Å². The van der Waals surface area contributed by atoms with E-state index in [4.69, 9.17) is 0 Å². The number of rotatable bonds is 2. The van der Waals surface area contributed by atoms with Crippen LogP contribution in [0.15, 0.2) is 110 Å². The van der Waals surface area contributed by atoms with Crippen LogP contribution in [0.1, 0.15) is 61.1 Å². The molecule has 0 spiro atoms. The van der Waals surface area contributed by atoms with Crippen molar-refractivity contribution in [2.75, 3.05) is 0 Å². The molecular weight excluding hydrogens is 553 g/mol. The summed E-state index contributed by atoms with van der Waals surface area (Å²) in [6, 6.07) is 37.0. The molecule has 0 heterocycles. The first-order valence-electron chi connectivity index (χ1n) is 16.4. The maximum absolute atomic E-state index is 4.39. The maximum Gasteiger partial charge on any atom is 0.0165 e. The molecule has 0 saturated heterocycles. The molecule has 0 aromatic heterocycles. The van der Waals surface area contributed by atoms with Gasteiger partial charge in [0, 0.05) is 10.8 Å². The normalized spacial score (nSPS) is 15.5. The molecule has 0 fully saturated rings. The minimum absolute atomic E-state index is 0.139. The largest absolute Gasteiger partial charge is 0.0984 e. The molecule has 0 heteroatoms. The third-order valence-corrected chi connectivity index (χ3v) is 11.7. The van der Waals surface area contributed by atoms with E-state index < -0.39 is 0 Å². The standard InChI is InChI=1S/C46H34/c1-7-29-30(8-2)43-35-24-36-34(23-37(35)46(5,6)44(43)33-21-18-25-12-9-10-15-31(25)41(29)33)42-32-20-19-27-14-11-13-26-16-17-28(40(32)39(26)27)22-38(42)45(36,3)4/h7-24H,1-2H2,3-6H3. The van der Waals surface area contributed by atoms with Crippen molar-refractivity contribution < 1.29 is 0 Å². The Morgan fingerprint density at radius 1 is 0.457 bits per heavy atom. The number of hydrogen-bond donors (Lipinski definition) is 0. The van der Waals surface area contributed by atoms with E-state index in [9.17, 15) is 0 Å². The minimum atomic E-state index is -0.200. The highest BCUT2D eigenvalue weighted by Crippen LogP contribution is 2.60. The molecule has 0 N–H and O–H groups in total. The zero-order valence-electron chi connectivity index (χ0n) is 26.8. The highest BCUT2D eigenvalue weighted by molar-refractivity contribution is 6.27.